The highest BCUT2D eigenvalue weighted by Gasteiger charge is 2.28. The van der Waals surface area contributed by atoms with E-state index >= 15 is 0 Å². The van der Waals surface area contributed by atoms with E-state index < -0.39 is 0 Å². The zero-order valence-electron chi connectivity index (χ0n) is 12.9. The van der Waals surface area contributed by atoms with Crippen molar-refractivity contribution < 1.29 is 14.3 Å². The van der Waals surface area contributed by atoms with E-state index in [1.807, 2.05) is 19.1 Å². The Labute approximate surface area is 135 Å². The number of nitrogens with zero attached hydrogens (tertiary/aromatic N) is 1. The minimum Gasteiger partial charge on any atom is -0.466 e. The number of benzene rings is 1. The molecule has 0 saturated carbocycles. The number of hydrogen-bond donors (Lipinski definition) is 1. The summed E-state index contributed by atoms with van der Waals surface area (Å²) >= 11 is 6.08. The van der Waals surface area contributed by atoms with Gasteiger partial charge in [0.25, 0.3) is 0 Å². The molecule has 6 heteroatoms. The normalized spacial score (nSPS) is 15.5. The Morgan fingerprint density at radius 2 is 2.05 bits per heavy atom. The van der Waals surface area contributed by atoms with Crippen LogP contribution in [0.2, 0.25) is 5.02 Å². The zero-order chi connectivity index (χ0) is 16.1. The molecule has 22 heavy (non-hydrogen) atoms. The Balaban J connectivity index is 1.90. The molecule has 0 atom stereocenters. The number of piperidine rings is 1. The number of carbonyl (C=O) groups is 2. The molecule has 1 heterocycles. The van der Waals surface area contributed by atoms with E-state index in [0.717, 1.165) is 5.56 Å². The number of likely N-dealkylation sites (tertiary alicyclic amines) is 1. The van der Waals surface area contributed by atoms with Crippen molar-refractivity contribution in [1.29, 1.82) is 0 Å². The lowest BCUT2D eigenvalue weighted by Gasteiger charge is -2.31. The molecule has 1 aliphatic heterocycles. The second kappa shape index (κ2) is 7.49. The zero-order valence-corrected chi connectivity index (χ0v) is 13.7. The summed E-state index contributed by atoms with van der Waals surface area (Å²) in [5.41, 5.74) is 1.64. The Morgan fingerprint density at radius 1 is 1.36 bits per heavy atom. The predicted molar refractivity (Wildman–Crippen MR) is 86.1 cm³/mol. The smallest absolute Gasteiger partial charge is 0.321 e. The van der Waals surface area contributed by atoms with E-state index in [0.29, 0.717) is 43.2 Å². The molecule has 0 aliphatic carbocycles. The molecule has 2 amide bonds. The number of hydrogen-bond acceptors (Lipinski definition) is 3. The lowest BCUT2D eigenvalue weighted by atomic mass is 9.97. The number of anilines is 1. The van der Waals surface area contributed by atoms with Gasteiger partial charge < -0.3 is 15.0 Å². The fourth-order valence-corrected chi connectivity index (χ4v) is 2.67. The molecular weight excluding hydrogens is 304 g/mol. The molecule has 0 bridgehead atoms. The minimum absolute atomic E-state index is 0.105. The number of halogens is 1. The van der Waals surface area contributed by atoms with Crippen LogP contribution in [0, 0.1) is 12.8 Å². The van der Waals surface area contributed by atoms with Gasteiger partial charge in [0.2, 0.25) is 0 Å². The first-order valence-electron chi connectivity index (χ1n) is 7.50. The van der Waals surface area contributed by atoms with Crippen molar-refractivity contribution in [2.45, 2.75) is 26.7 Å². The molecule has 1 aromatic carbocycles. The van der Waals surface area contributed by atoms with E-state index in [1.165, 1.54) is 0 Å². The predicted octanol–water partition coefficient (Wildman–Crippen LogP) is 3.46. The third-order valence-corrected chi connectivity index (χ3v) is 4.10. The summed E-state index contributed by atoms with van der Waals surface area (Å²) in [6.07, 6.45) is 1.27. The summed E-state index contributed by atoms with van der Waals surface area (Å²) in [5.74, 6) is -0.268. The van der Waals surface area contributed by atoms with Gasteiger partial charge in [-0.3, -0.25) is 4.79 Å². The van der Waals surface area contributed by atoms with E-state index in [4.69, 9.17) is 16.3 Å². The van der Waals surface area contributed by atoms with Crippen LogP contribution in [0.3, 0.4) is 0 Å². The van der Waals surface area contributed by atoms with E-state index in [9.17, 15) is 9.59 Å². The maximum Gasteiger partial charge on any atom is 0.321 e. The van der Waals surface area contributed by atoms with Gasteiger partial charge >= 0.3 is 12.0 Å². The van der Waals surface area contributed by atoms with E-state index in [1.54, 1.807) is 17.9 Å². The lowest BCUT2D eigenvalue weighted by Crippen LogP contribution is -2.42. The highest BCUT2D eigenvalue weighted by molar-refractivity contribution is 6.33. The SMILES string of the molecule is CCOC(=O)C1CCN(C(=O)Nc2cc(C)ccc2Cl)CC1. The Morgan fingerprint density at radius 3 is 2.68 bits per heavy atom. The molecule has 1 fully saturated rings. The number of ether oxygens (including phenoxy) is 1. The van der Waals surface area contributed by atoms with Crippen molar-refractivity contribution in [3.8, 4) is 0 Å². The topological polar surface area (TPSA) is 58.6 Å². The summed E-state index contributed by atoms with van der Waals surface area (Å²) in [6.45, 7) is 5.21. The summed E-state index contributed by atoms with van der Waals surface area (Å²) in [5, 5.41) is 3.34. The molecular formula is C16H21ClN2O3. The van der Waals surface area contributed by atoms with Crippen molar-refractivity contribution in [2.24, 2.45) is 5.92 Å². The van der Waals surface area contributed by atoms with Crippen LogP contribution >= 0.6 is 11.6 Å². The largest absolute Gasteiger partial charge is 0.466 e. The van der Waals surface area contributed by atoms with Crippen LogP contribution < -0.4 is 5.32 Å². The highest BCUT2D eigenvalue weighted by Crippen LogP contribution is 2.24. The third kappa shape index (κ3) is 4.13. The molecule has 120 valence electrons. The minimum atomic E-state index is -0.185. The quantitative estimate of drug-likeness (QED) is 0.866. The van der Waals surface area contributed by atoms with Crippen molar-refractivity contribution in [2.75, 3.05) is 25.0 Å². The lowest BCUT2D eigenvalue weighted by molar-refractivity contribution is -0.149. The molecule has 0 spiro atoms. The monoisotopic (exact) mass is 324 g/mol. The number of urea groups is 1. The van der Waals surface area contributed by atoms with Crippen molar-refractivity contribution in [3.63, 3.8) is 0 Å². The summed E-state index contributed by atoms with van der Waals surface area (Å²) < 4.78 is 5.03. The number of aryl methyl sites for hydroxylation is 1. The van der Waals surface area contributed by atoms with Crippen LogP contribution in [0.1, 0.15) is 25.3 Å². The molecule has 0 aromatic heterocycles. The second-order valence-electron chi connectivity index (χ2n) is 5.43. The van der Waals surface area contributed by atoms with Crippen LogP contribution in [0.4, 0.5) is 10.5 Å². The first kappa shape index (κ1) is 16.6. The highest BCUT2D eigenvalue weighted by atomic mass is 35.5. The number of esters is 1. The molecule has 0 radical (unpaired) electrons. The van der Waals surface area contributed by atoms with Gasteiger partial charge in [-0.2, -0.15) is 0 Å². The summed E-state index contributed by atoms with van der Waals surface area (Å²) in [6, 6.07) is 5.31. The van der Waals surface area contributed by atoms with Crippen molar-refractivity contribution in [1.82, 2.24) is 4.90 Å². The maximum absolute atomic E-state index is 12.3. The van der Waals surface area contributed by atoms with Crippen molar-refractivity contribution in [3.05, 3.63) is 28.8 Å². The summed E-state index contributed by atoms with van der Waals surface area (Å²) in [7, 11) is 0. The standard InChI is InChI=1S/C16H21ClN2O3/c1-3-22-15(20)12-6-8-19(9-7-12)16(21)18-14-10-11(2)4-5-13(14)17/h4-5,10,12H,3,6-9H2,1-2H3,(H,18,21). The first-order valence-corrected chi connectivity index (χ1v) is 7.87. The van der Waals surface area contributed by atoms with E-state index in [2.05, 4.69) is 5.32 Å². The average Bonchev–Trinajstić information content (AvgIpc) is 2.51. The Kier molecular flexibility index (Phi) is 5.66. The van der Waals surface area contributed by atoms with Crippen LogP contribution in [0.15, 0.2) is 18.2 Å². The van der Waals surface area contributed by atoms with Gasteiger partial charge in [0, 0.05) is 13.1 Å². The maximum atomic E-state index is 12.3. The number of amides is 2. The fraction of sp³-hybridized carbons (Fsp3) is 0.500. The number of rotatable bonds is 3. The second-order valence-corrected chi connectivity index (χ2v) is 5.83. The molecule has 1 saturated heterocycles. The first-order chi connectivity index (χ1) is 10.5. The van der Waals surface area contributed by atoms with Crippen LogP contribution in [-0.4, -0.2) is 36.6 Å². The molecule has 0 unspecified atom stereocenters. The molecule has 1 N–H and O–H groups in total. The van der Waals surface area contributed by atoms with Gasteiger partial charge in [0.05, 0.1) is 23.2 Å². The van der Waals surface area contributed by atoms with Gasteiger partial charge in [-0.15, -0.1) is 0 Å². The molecule has 2 rings (SSSR count). The van der Waals surface area contributed by atoms with Gasteiger partial charge in [-0.1, -0.05) is 17.7 Å². The Hall–Kier alpha value is -1.75. The summed E-state index contributed by atoms with van der Waals surface area (Å²) in [4.78, 5) is 25.7. The van der Waals surface area contributed by atoms with Gasteiger partial charge in [0.1, 0.15) is 0 Å². The number of carbonyl (C=O) groups excluding carboxylic acids is 2. The third-order valence-electron chi connectivity index (χ3n) is 3.77. The van der Waals surface area contributed by atoms with Crippen LogP contribution in [0.5, 0.6) is 0 Å². The van der Waals surface area contributed by atoms with Gasteiger partial charge in [-0.05, 0) is 44.4 Å². The average molecular weight is 325 g/mol. The van der Waals surface area contributed by atoms with Crippen molar-refractivity contribution >= 4 is 29.3 Å². The van der Waals surface area contributed by atoms with E-state index in [-0.39, 0.29) is 17.9 Å². The molecule has 1 aliphatic rings. The number of nitrogens with one attached hydrogen (secondary N) is 1. The molecule has 1 aromatic rings. The van der Waals surface area contributed by atoms with Gasteiger partial charge in [0.15, 0.2) is 0 Å². The van der Waals surface area contributed by atoms with Gasteiger partial charge in [-0.25, -0.2) is 4.79 Å². The van der Waals surface area contributed by atoms with Crippen LogP contribution in [0.25, 0.3) is 0 Å². The Bertz CT molecular complexity index is 554. The fourth-order valence-electron chi connectivity index (χ4n) is 2.51. The molecule has 5 nitrogen and oxygen atoms in total. The van der Waals surface area contributed by atoms with Crippen LogP contribution in [-0.2, 0) is 9.53 Å².